The lowest BCUT2D eigenvalue weighted by molar-refractivity contribution is -0.145. The van der Waals surface area contributed by atoms with Gasteiger partial charge >= 0.3 is 6.18 Å². The second kappa shape index (κ2) is 13.1. The zero-order chi connectivity index (χ0) is 35.0. The van der Waals surface area contributed by atoms with E-state index in [1.807, 2.05) is 0 Å². The van der Waals surface area contributed by atoms with Gasteiger partial charge in [-0.15, -0.1) is 0 Å². The second-order valence-corrected chi connectivity index (χ2v) is 11.5. The summed E-state index contributed by atoms with van der Waals surface area (Å²) in [6.45, 7) is -0.930. The summed E-state index contributed by atoms with van der Waals surface area (Å²) in [7, 11) is 0. The average molecular weight is 699 g/mol. The van der Waals surface area contributed by atoms with Crippen LogP contribution in [0.15, 0.2) is 73.1 Å². The number of rotatable bonds is 8. The number of alkyl halides is 4. The molecule has 5 aromatic rings. The molecule has 11 nitrogen and oxygen atoms in total. The molecule has 0 saturated carbocycles. The fourth-order valence-electron chi connectivity index (χ4n) is 5.53. The number of nitrogens with two attached hydrogens (primary N) is 1. The summed E-state index contributed by atoms with van der Waals surface area (Å²) in [4.78, 5) is 46.7. The fourth-order valence-corrected chi connectivity index (χ4v) is 5.76. The van der Waals surface area contributed by atoms with Gasteiger partial charge in [0.25, 0.3) is 5.91 Å². The Morgan fingerprint density at radius 3 is 2.39 bits per heavy atom. The van der Waals surface area contributed by atoms with E-state index in [0.717, 1.165) is 22.0 Å². The van der Waals surface area contributed by atoms with Crippen LogP contribution in [0.1, 0.15) is 22.7 Å². The molecule has 1 aliphatic heterocycles. The smallest absolute Gasteiger partial charge is 0.364 e. The Kier molecular flexibility index (Phi) is 8.90. The Hall–Kier alpha value is -5.64. The molecular weight excluding hydrogens is 675 g/mol. The summed E-state index contributed by atoms with van der Waals surface area (Å²) >= 11 is 6.23. The highest BCUT2D eigenvalue weighted by atomic mass is 35.5. The number of halogens is 6. The molecule has 1 aliphatic rings. The van der Waals surface area contributed by atoms with Crippen LogP contribution in [0.25, 0.3) is 22.0 Å². The van der Waals surface area contributed by atoms with Gasteiger partial charge in [0.15, 0.2) is 11.5 Å². The number of likely N-dealkylation sites (tertiary alicyclic amines) is 1. The predicted octanol–water partition coefficient (Wildman–Crippen LogP) is 5.72. The monoisotopic (exact) mass is 698 g/mol. The maximum absolute atomic E-state index is 15.5. The Bertz CT molecular complexity index is 2090. The number of benzene rings is 3. The van der Waals surface area contributed by atoms with Crippen LogP contribution in [0.4, 0.5) is 39.0 Å². The molecule has 49 heavy (non-hydrogen) atoms. The molecule has 3 heterocycles. The maximum atomic E-state index is 15.5. The van der Waals surface area contributed by atoms with Gasteiger partial charge in [-0.25, -0.2) is 18.7 Å². The first-order valence-electron chi connectivity index (χ1n) is 14.5. The highest BCUT2D eigenvalue weighted by Gasteiger charge is 2.40. The van der Waals surface area contributed by atoms with E-state index >= 15 is 4.39 Å². The molecule has 0 aliphatic carbocycles. The molecule has 0 radical (unpaired) electrons. The SMILES string of the molecule is NC(=O)c1nn(CC(=O)N2CC(F)CC2C(=O)Nc2cccc(-c3ccccc3Cl)c2F)c2ccc(Nc3cnc(C(F)(F)F)nc3)cc12. The van der Waals surface area contributed by atoms with Crippen molar-refractivity contribution in [3.8, 4) is 11.1 Å². The van der Waals surface area contributed by atoms with E-state index < -0.39 is 60.8 Å². The van der Waals surface area contributed by atoms with Gasteiger partial charge in [0.05, 0.1) is 35.8 Å². The molecular formula is C32H24ClF5N8O3. The molecule has 6 rings (SSSR count). The van der Waals surface area contributed by atoms with Gasteiger partial charge < -0.3 is 21.3 Å². The van der Waals surface area contributed by atoms with Gasteiger partial charge in [-0.1, -0.05) is 41.9 Å². The van der Waals surface area contributed by atoms with Crippen LogP contribution < -0.4 is 16.4 Å². The number of nitrogens with zero attached hydrogens (tertiary/aromatic N) is 5. The molecule has 0 spiro atoms. The van der Waals surface area contributed by atoms with E-state index in [-0.39, 0.29) is 40.0 Å². The van der Waals surface area contributed by atoms with Gasteiger partial charge in [-0.05, 0) is 30.3 Å². The predicted molar refractivity (Wildman–Crippen MR) is 169 cm³/mol. The first-order valence-corrected chi connectivity index (χ1v) is 14.9. The summed E-state index contributed by atoms with van der Waals surface area (Å²) < 4.78 is 69.8. The first kappa shape index (κ1) is 33.3. The van der Waals surface area contributed by atoms with Gasteiger partial charge in [-0.2, -0.15) is 18.3 Å². The lowest BCUT2D eigenvalue weighted by atomic mass is 10.0. The van der Waals surface area contributed by atoms with Crippen LogP contribution in [-0.4, -0.2) is 61.1 Å². The Labute approximate surface area is 278 Å². The third-order valence-corrected chi connectivity index (χ3v) is 8.09. The van der Waals surface area contributed by atoms with Gasteiger partial charge in [0, 0.05) is 33.6 Å². The van der Waals surface area contributed by atoms with Gasteiger partial charge in [-0.3, -0.25) is 19.1 Å². The number of nitrogens with one attached hydrogen (secondary N) is 2. The van der Waals surface area contributed by atoms with Crippen LogP contribution in [0.5, 0.6) is 0 Å². The normalized spacial score (nSPS) is 16.2. The largest absolute Gasteiger partial charge is 0.451 e. The van der Waals surface area contributed by atoms with Crippen molar-refractivity contribution in [2.45, 2.75) is 31.4 Å². The maximum Gasteiger partial charge on any atom is 0.451 e. The highest BCUT2D eigenvalue weighted by Crippen LogP contribution is 2.34. The van der Waals surface area contributed by atoms with Crippen LogP contribution in [-0.2, 0) is 22.3 Å². The number of carbonyl (C=O) groups excluding carboxylic acids is 3. The van der Waals surface area contributed by atoms with Crippen LogP contribution in [0.2, 0.25) is 5.02 Å². The molecule has 2 atom stereocenters. The van der Waals surface area contributed by atoms with E-state index in [0.29, 0.717) is 16.3 Å². The van der Waals surface area contributed by atoms with Gasteiger partial charge in [0.1, 0.15) is 18.8 Å². The van der Waals surface area contributed by atoms with E-state index in [1.54, 1.807) is 24.3 Å². The molecule has 3 aromatic carbocycles. The topological polar surface area (TPSA) is 148 Å². The molecule has 3 amide bonds. The molecule has 252 valence electrons. The number of hydrogen-bond acceptors (Lipinski definition) is 7. The van der Waals surface area contributed by atoms with Crippen molar-refractivity contribution < 1.29 is 36.3 Å². The first-order chi connectivity index (χ1) is 23.3. The molecule has 0 bridgehead atoms. The fraction of sp³-hybridized carbons (Fsp3) is 0.188. The van der Waals surface area contributed by atoms with E-state index in [4.69, 9.17) is 17.3 Å². The third-order valence-electron chi connectivity index (χ3n) is 7.76. The quantitative estimate of drug-likeness (QED) is 0.176. The highest BCUT2D eigenvalue weighted by molar-refractivity contribution is 6.33. The number of hydrogen-bond donors (Lipinski definition) is 3. The minimum Gasteiger partial charge on any atom is -0.364 e. The Morgan fingerprint density at radius 2 is 1.69 bits per heavy atom. The van der Waals surface area contributed by atoms with E-state index in [1.165, 1.54) is 36.4 Å². The summed E-state index contributed by atoms with van der Waals surface area (Å²) in [6.07, 6.45) is -4.73. The van der Waals surface area contributed by atoms with Crippen LogP contribution in [0, 0.1) is 5.82 Å². The summed E-state index contributed by atoms with van der Waals surface area (Å²) in [5, 5.41) is 9.94. The van der Waals surface area contributed by atoms with Crippen molar-refractivity contribution in [3.63, 3.8) is 0 Å². The Balaban J connectivity index is 1.21. The number of amides is 3. The second-order valence-electron chi connectivity index (χ2n) is 11.1. The Morgan fingerprint density at radius 1 is 0.980 bits per heavy atom. The average Bonchev–Trinajstić information content (AvgIpc) is 3.63. The van der Waals surface area contributed by atoms with Crippen molar-refractivity contribution in [3.05, 3.63) is 95.4 Å². The zero-order valence-electron chi connectivity index (χ0n) is 25.0. The lowest BCUT2D eigenvalue weighted by Gasteiger charge is -2.24. The van der Waals surface area contributed by atoms with E-state index in [2.05, 4.69) is 25.7 Å². The summed E-state index contributed by atoms with van der Waals surface area (Å²) in [5.74, 6) is -4.54. The zero-order valence-corrected chi connectivity index (χ0v) is 25.8. The third kappa shape index (κ3) is 6.85. The number of anilines is 3. The van der Waals surface area contributed by atoms with Crippen molar-refractivity contribution in [2.24, 2.45) is 5.73 Å². The van der Waals surface area contributed by atoms with Crippen molar-refractivity contribution in [1.29, 1.82) is 0 Å². The molecule has 1 fully saturated rings. The summed E-state index contributed by atoms with van der Waals surface area (Å²) in [5.41, 5.74) is 6.35. The van der Waals surface area contributed by atoms with Crippen molar-refractivity contribution >= 4 is 57.3 Å². The minimum atomic E-state index is -4.72. The lowest BCUT2D eigenvalue weighted by Crippen LogP contribution is -2.44. The number of primary amides is 1. The molecule has 2 unspecified atom stereocenters. The number of aromatic nitrogens is 4. The van der Waals surface area contributed by atoms with Crippen molar-refractivity contribution in [2.75, 3.05) is 17.2 Å². The summed E-state index contributed by atoms with van der Waals surface area (Å²) in [6, 6.07) is 14.1. The standard InChI is InChI=1S/C32H24ClF5N8O3/c33-22-6-2-1-4-19(22)20-5-3-7-23(27(20)35)43-30(49)25-10-16(34)14-45(25)26(47)15-46-24-9-8-17(11-21(24)28(44-46)29(39)48)42-18-12-40-31(41-13-18)32(36,37)38/h1-9,11-13,16,25,42H,10,14-15H2,(H2,39,48)(H,43,49). The molecule has 4 N–H and O–H groups in total. The molecule has 1 saturated heterocycles. The van der Waals surface area contributed by atoms with Crippen LogP contribution >= 0.6 is 11.6 Å². The van der Waals surface area contributed by atoms with Crippen LogP contribution in [0.3, 0.4) is 0 Å². The molecule has 2 aromatic heterocycles. The number of carbonyl (C=O) groups is 3. The van der Waals surface area contributed by atoms with Gasteiger partial charge in [0.2, 0.25) is 17.6 Å². The molecule has 17 heteroatoms. The number of fused-ring (bicyclic) bond motifs is 1. The van der Waals surface area contributed by atoms with Crippen molar-refractivity contribution in [1.82, 2.24) is 24.6 Å². The van der Waals surface area contributed by atoms with E-state index in [9.17, 15) is 31.9 Å². The minimum absolute atomic E-state index is 0.116.